The molecule has 75 heavy (non-hydrogen) atoms. The van der Waals surface area contributed by atoms with Crippen molar-refractivity contribution in [2.45, 2.75) is 199 Å². The van der Waals surface area contributed by atoms with E-state index in [4.69, 9.17) is 9.05 Å². The second kappa shape index (κ2) is 54.6. The summed E-state index contributed by atoms with van der Waals surface area (Å²) in [6.07, 6.45) is 87.3. The van der Waals surface area contributed by atoms with E-state index in [1.165, 1.54) is 51.4 Å². The molecule has 2 N–H and O–H groups in total. The summed E-state index contributed by atoms with van der Waals surface area (Å²) in [6, 6.07) is -0.939. The zero-order chi connectivity index (χ0) is 54.9. The molecule has 0 aliphatic rings. The Kier molecular flexibility index (Phi) is 51.6. The van der Waals surface area contributed by atoms with E-state index >= 15 is 0 Å². The van der Waals surface area contributed by atoms with E-state index in [2.05, 4.69) is 177 Å². The van der Waals surface area contributed by atoms with Gasteiger partial charge in [0.1, 0.15) is 13.2 Å². The molecule has 0 aromatic rings. The number of rotatable bonds is 50. The number of aliphatic hydroxyl groups excluding tert-OH is 1. The molecule has 0 aromatic heterocycles. The van der Waals surface area contributed by atoms with E-state index in [0.717, 1.165) is 109 Å². The second-order valence-corrected chi connectivity index (χ2v) is 21.3. The quantitative estimate of drug-likeness (QED) is 0.0272. The highest BCUT2D eigenvalue weighted by atomic mass is 31.2. The van der Waals surface area contributed by atoms with Crippen molar-refractivity contribution in [2.24, 2.45) is 0 Å². The topological polar surface area (TPSA) is 108 Å². The highest BCUT2D eigenvalue weighted by molar-refractivity contribution is 7.45. The lowest BCUT2D eigenvalue weighted by molar-refractivity contribution is -0.870. The first-order valence-corrected chi connectivity index (χ1v) is 30.5. The number of carbonyl (C=O) groups excluding carboxylic acids is 1. The number of likely N-dealkylation sites (N-methyl/N-ethyl adjacent to an activating group) is 1. The van der Waals surface area contributed by atoms with Crippen molar-refractivity contribution in [3.05, 3.63) is 170 Å². The normalized spacial score (nSPS) is 15.1. The molecular formula is C66H107N2O6P. The summed E-state index contributed by atoms with van der Waals surface area (Å²) in [7, 11) is 1.19. The van der Waals surface area contributed by atoms with Crippen LogP contribution in [0, 0.1) is 0 Å². The Bertz CT molecular complexity index is 1820. The molecule has 0 saturated carbocycles. The monoisotopic (exact) mass is 1050 g/mol. The first-order valence-electron chi connectivity index (χ1n) is 29.0. The number of hydrogen-bond acceptors (Lipinski definition) is 6. The number of carbonyl (C=O) groups is 1. The maximum atomic E-state index is 12.9. The highest BCUT2D eigenvalue weighted by Gasteiger charge is 2.23. The standard InChI is InChI=1S/C66H107N2O6P/c1-6-8-10-12-14-16-18-20-22-23-24-25-26-27-28-29-30-31-32-33-34-35-36-37-38-39-40-41-42-43-44-45-46-48-50-52-54-56-58-60-66(70)67-64(63-74-75(71,72)73-62-61-68(3,4)5)65(69)59-57-55-53-51-49-47-21-19-17-15-13-11-9-7-2/h8,10,14,16,20,22,24-25,27-28,30-31,33-34,36-37,39-40,42-43,45-46,49-52,57,59,64-65,69H,6-7,9,11-13,15,17-19,21,23,26,29,32,35,38,41,44,47-48,53-56,58,60-63H2,1-5H3,(H-,67,70,71,72)/b10-8-,16-14-,22-20-,25-24-,28-27-,31-30-,34-33-,37-36-,40-39-,43-42-,46-45-,51-49+,52-50-,59-57+. The SMILES string of the molecule is CC/C=C\C/C=C\C/C=C\C/C=C\C/C=C\C/C=C\C/C=C\C/C=C\C/C=C\C/C=C\C/C=C\C/C=C\CCCCC(=O)NC(COP(=O)([O-])OCC[N+](C)(C)C)C(O)/C=C/CC/C=C/CCCCCCCCCC. The molecule has 0 spiro atoms. The molecule has 0 fully saturated rings. The van der Waals surface area contributed by atoms with E-state index in [-0.39, 0.29) is 18.9 Å². The summed E-state index contributed by atoms with van der Waals surface area (Å²) in [4.78, 5) is 25.4. The Labute approximate surface area is 460 Å². The lowest BCUT2D eigenvalue weighted by atomic mass is 10.1. The molecule has 0 heterocycles. The number of phosphoric acid groups is 1. The van der Waals surface area contributed by atoms with Gasteiger partial charge in [0, 0.05) is 6.42 Å². The van der Waals surface area contributed by atoms with Crippen LogP contribution in [0.3, 0.4) is 0 Å². The highest BCUT2D eigenvalue weighted by Crippen LogP contribution is 2.38. The van der Waals surface area contributed by atoms with Crippen molar-refractivity contribution in [1.82, 2.24) is 5.32 Å². The molecule has 0 aliphatic heterocycles. The van der Waals surface area contributed by atoms with E-state index in [1.54, 1.807) is 6.08 Å². The molecule has 3 unspecified atom stereocenters. The summed E-state index contributed by atoms with van der Waals surface area (Å²) >= 11 is 0. The Morgan fingerprint density at radius 3 is 1.24 bits per heavy atom. The van der Waals surface area contributed by atoms with Gasteiger partial charge in [0.15, 0.2) is 0 Å². The number of aliphatic hydroxyl groups is 1. The number of nitrogens with zero attached hydrogens (tertiary/aromatic N) is 1. The molecule has 0 radical (unpaired) electrons. The van der Waals surface area contributed by atoms with Gasteiger partial charge >= 0.3 is 0 Å². The predicted molar refractivity (Wildman–Crippen MR) is 324 cm³/mol. The maximum Gasteiger partial charge on any atom is 0.268 e. The van der Waals surface area contributed by atoms with Crippen LogP contribution in [-0.2, 0) is 18.4 Å². The van der Waals surface area contributed by atoms with Gasteiger partial charge in [0.05, 0.1) is 39.9 Å². The van der Waals surface area contributed by atoms with Crippen LogP contribution in [0.5, 0.6) is 0 Å². The Hall–Kier alpha value is -4.14. The summed E-state index contributed by atoms with van der Waals surface area (Å²) < 4.78 is 23.2. The van der Waals surface area contributed by atoms with Crippen molar-refractivity contribution >= 4 is 13.7 Å². The third-order valence-corrected chi connectivity index (χ3v) is 12.6. The van der Waals surface area contributed by atoms with E-state index in [9.17, 15) is 19.4 Å². The zero-order valence-electron chi connectivity index (χ0n) is 47.9. The molecule has 0 aliphatic carbocycles. The number of amides is 1. The number of phosphoric ester groups is 1. The summed E-state index contributed by atoms with van der Waals surface area (Å²) in [5, 5.41) is 13.8. The minimum absolute atomic E-state index is 0.0246. The molecular weight excluding hydrogens is 948 g/mol. The van der Waals surface area contributed by atoms with Crippen LogP contribution in [0.1, 0.15) is 187 Å². The minimum Gasteiger partial charge on any atom is -0.756 e. The van der Waals surface area contributed by atoms with Gasteiger partial charge < -0.3 is 28.8 Å². The third-order valence-electron chi connectivity index (χ3n) is 11.7. The molecule has 9 heteroatoms. The molecule has 8 nitrogen and oxygen atoms in total. The number of allylic oxidation sites excluding steroid dienone is 27. The van der Waals surface area contributed by atoms with Crippen LogP contribution in [0.4, 0.5) is 0 Å². The molecule has 0 bridgehead atoms. The van der Waals surface area contributed by atoms with Crippen molar-refractivity contribution in [1.29, 1.82) is 0 Å². The number of nitrogens with one attached hydrogen (secondary N) is 1. The molecule has 1 amide bonds. The largest absolute Gasteiger partial charge is 0.756 e. The van der Waals surface area contributed by atoms with Crippen LogP contribution in [-0.4, -0.2) is 68.5 Å². The van der Waals surface area contributed by atoms with E-state index in [1.807, 2.05) is 27.2 Å². The average Bonchev–Trinajstić information content (AvgIpc) is 3.37. The number of hydrogen-bond donors (Lipinski definition) is 2. The number of quaternary nitrogens is 1. The fraction of sp³-hybridized carbons (Fsp3) is 0.561. The van der Waals surface area contributed by atoms with Crippen LogP contribution in [0.15, 0.2) is 170 Å². The predicted octanol–water partition coefficient (Wildman–Crippen LogP) is 17.4. The average molecular weight is 1060 g/mol. The van der Waals surface area contributed by atoms with Crippen LogP contribution >= 0.6 is 7.82 Å². The molecule has 0 rings (SSSR count). The van der Waals surface area contributed by atoms with Gasteiger partial charge in [0.2, 0.25) is 5.91 Å². The van der Waals surface area contributed by atoms with Crippen LogP contribution < -0.4 is 10.2 Å². The summed E-state index contributed by atoms with van der Waals surface area (Å²) in [6.45, 7) is 4.44. The maximum absolute atomic E-state index is 12.9. The third kappa shape index (κ3) is 57.4. The lowest BCUT2D eigenvalue weighted by Gasteiger charge is -2.29. The van der Waals surface area contributed by atoms with Crippen molar-refractivity contribution < 1.29 is 32.9 Å². The Balaban J connectivity index is 4.30. The first kappa shape index (κ1) is 70.9. The van der Waals surface area contributed by atoms with Crippen molar-refractivity contribution in [3.8, 4) is 0 Å². The fourth-order valence-corrected chi connectivity index (χ4v) is 7.87. The smallest absolute Gasteiger partial charge is 0.268 e. The molecule has 422 valence electrons. The van der Waals surface area contributed by atoms with Gasteiger partial charge in [0.25, 0.3) is 7.82 Å². The molecule has 3 atom stereocenters. The number of unbranched alkanes of at least 4 members (excludes halogenated alkanes) is 11. The van der Waals surface area contributed by atoms with Gasteiger partial charge in [-0.3, -0.25) is 9.36 Å². The van der Waals surface area contributed by atoms with E-state index in [0.29, 0.717) is 17.4 Å². The van der Waals surface area contributed by atoms with E-state index < -0.39 is 26.6 Å². The van der Waals surface area contributed by atoms with Gasteiger partial charge in [-0.05, 0) is 122 Å². The van der Waals surface area contributed by atoms with Gasteiger partial charge in [-0.15, -0.1) is 0 Å². The fourth-order valence-electron chi connectivity index (χ4n) is 7.15. The Morgan fingerprint density at radius 1 is 0.480 bits per heavy atom. The van der Waals surface area contributed by atoms with Crippen LogP contribution in [0.2, 0.25) is 0 Å². The van der Waals surface area contributed by atoms with Crippen molar-refractivity contribution in [2.75, 3.05) is 40.9 Å². The zero-order valence-corrected chi connectivity index (χ0v) is 48.8. The first-order chi connectivity index (χ1) is 36.5. The summed E-state index contributed by atoms with van der Waals surface area (Å²) in [5.41, 5.74) is 0. The molecule has 0 aromatic carbocycles. The Morgan fingerprint density at radius 2 is 0.827 bits per heavy atom. The lowest BCUT2D eigenvalue weighted by Crippen LogP contribution is -2.45. The van der Waals surface area contributed by atoms with Crippen LogP contribution in [0.25, 0.3) is 0 Å². The van der Waals surface area contributed by atoms with Crippen molar-refractivity contribution in [3.63, 3.8) is 0 Å². The second-order valence-electron chi connectivity index (χ2n) is 19.9. The van der Waals surface area contributed by atoms with Gasteiger partial charge in [-0.2, -0.15) is 0 Å². The minimum atomic E-state index is -4.63. The van der Waals surface area contributed by atoms with Gasteiger partial charge in [-0.25, -0.2) is 0 Å². The molecule has 0 saturated heterocycles. The summed E-state index contributed by atoms with van der Waals surface area (Å²) in [5.74, 6) is -0.258. The van der Waals surface area contributed by atoms with Gasteiger partial charge in [-0.1, -0.05) is 229 Å².